The lowest BCUT2D eigenvalue weighted by Gasteiger charge is -2.11. The fraction of sp³-hybridized carbons (Fsp3) is 0.312. The third-order valence-electron chi connectivity index (χ3n) is 3.47. The second kappa shape index (κ2) is 5.74. The fourth-order valence-corrected chi connectivity index (χ4v) is 2.83. The molecular weight excluding hydrogens is 338 g/mol. The van der Waals surface area contributed by atoms with Crippen LogP contribution in [0.1, 0.15) is 34.2 Å². The maximum atomic E-state index is 12.1. The number of ketones is 1. The van der Waals surface area contributed by atoms with Gasteiger partial charge in [-0.2, -0.15) is 0 Å². The lowest BCUT2D eigenvalue weighted by Crippen LogP contribution is -2.11. The first-order valence-electron chi connectivity index (χ1n) is 6.46. The van der Waals surface area contributed by atoms with Crippen molar-refractivity contribution >= 4 is 33.3 Å². The third-order valence-corrected chi connectivity index (χ3v) is 4.52. The van der Waals surface area contributed by atoms with Crippen LogP contribution in [0.4, 0.5) is 0 Å². The SMILES string of the molecule is Cc1ccc(-n2c(C)cc(C(=O)C(C)Cl)c2C)cc1Br. The number of carbonyl (C=O) groups is 1. The zero-order valence-electron chi connectivity index (χ0n) is 12.0. The van der Waals surface area contributed by atoms with E-state index < -0.39 is 5.38 Å². The zero-order chi connectivity index (χ0) is 15.0. The number of benzene rings is 1. The first kappa shape index (κ1) is 15.3. The van der Waals surface area contributed by atoms with Crippen molar-refractivity contribution in [3.05, 3.63) is 51.3 Å². The molecule has 1 aromatic heterocycles. The van der Waals surface area contributed by atoms with E-state index in [1.807, 2.05) is 26.8 Å². The molecule has 0 bridgehead atoms. The molecule has 2 aromatic rings. The van der Waals surface area contributed by atoms with Crippen molar-refractivity contribution in [2.75, 3.05) is 0 Å². The summed E-state index contributed by atoms with van der Waals surface area (Å²) in [4.78, 5) is 12.1. The van der Waals surface area contributed by atoms with E-state index in [1.54, 1.807) is 6.92 Å². The molecule has 0 aliphatic rings. The highest BCUT2D eigenvalue weighted by molar-refractivity contribution is 9.10. The van der Waals surface area contributed by atoms with Gasteiger partial charge in [-0.3, -0.25) is 4.79 Å². The summed E-state index contributed by atoms with van der Waals surface area (Å²) in [6.07, 6.45) is 0. The van der Waals surface area contributed by atoms with E-state index in [9.17, 15) is 4.79 Å². The molecule has 1 unspecified atom stereocenters. The van der Waals surface area contributed by atoms with Crippen molar-refractivity contribution in [1.29, 1.82) is 0 Å². The minimum atomic E-state index is -0.506. The van der Waals surface area contributed by atoms with Crippen LogP contribution in [0, 0.1) is 20.8 Å². The third kappa shape index (κ3) is 2.70. The number of aromatic nitrogens is 1. The Bertz CT molecular complexity index is 673. The Morgan fingerprint density at radius 2 is 1.90 bits per heavy atom. The molecule has 106 valence electrons. The van der Waals surface area contributed by atoms with Crippen LogP contribution in [0.25, 0.3) is 5.69 Å². The van der Waals surface area contributed by atoms with Gasteiger partial charge in [0.15, 0.2) is 5.78 Å². The molecule has 0 saturated heterocycles. The van der Waals surface area contributed by atoms with Gasteiger partial charge in [-0.05, 0) is 51.5 Å². The predicted molar refractivity (Wildman–Crippen MR) is 87.3 cm³/mol. The molecule has 20 heavy (non-hydrogen) atoms. The molecule has 0 fully saturated rings. The predicted octanol–water partition coefficient (Wildman–Crippen LogP) is 4.98. The topological polar surface area (TPSA) is 22.0 Å². The summed E-state index contributed by atoms with van der Waals surface area (Å²) in [5.74, 6) is -0.0304. The molecule has 0 radical (unpaired) electrons. The normalized spacial score (nSPS) is 12.5. The van der Waals surface area contributed by atoms with Gasteiger partial charge in [-0.15, -0.1) is 11.6 Å². The molecular formula is C16H17BrClNO. The summed E-state index contributed by atoms with van der Waals surface area (Å²) in [6, 6.07) is 8.08. The number of nitrogens with zero attached hydrogens (tertiary/aromatic N) is 1. The van der Waals surface area contributed by atoms with Crippen molar-refractivity contribution in [2.24, 2.45) is 0 Å². The lowest BCUT2D eigenvalue weighted by molar-refractivity contribution is 0.0991. The van der Waals surface area contributed by atoms with Crippen LogP contribution in [0.5, 0.6) is 0 Å². The Morgan fingerprint density at radius 1 is 1.25 bits per heavy atom. The highest BCUT2D eigenvalue weighted by Crippen LogP contribution is 2.26. The lowest BCUT2D eigenvalue weighted by atomic mass is 10.1. The average Bonchev–Trinajstić information content (AvgIpc) is 2.67. The zero-order valence-corrected chi connectivity index (χ0v) is 14.3. The van der Waals surface area contributed by atoms with Gasteiger partial charge in [0.2, 0.25) is 0 Å². The van der Waals surface area contributed by atoms with Crippen LogP contribution in [-0.4, -0.2) is 15.7 Å². The summed E-state index contributed by atoms with van der Waals surface area (Å²) >= 11 is 9.47. The number of hydrogen-bond acceptors (Lipinski definition) is 1. The van der Waals surface area contributed by atoms with Crippen molar-refractivity contribution in [3.8, 4) is 5.69 Å². The Morgan fingerprint density at radius 3 is 2.45 bits per heavy atom. The maximum absolute atomic E-state index is 12.1. The molecule has 4 heteroatoms. The van der Waals surface area contributed by atoms with E-state index in [1.165, 1.54) is 5.56 Å². The molecule has 0 aliphatic carbocycles. The number of Topliss-reactive ketones (excluding diaryl/α,β-unsaturated/α-hetero) is 1. The van der Waals surface area contributed by atoms with E-state index >= 15 is 0 Å². The molecule has 0 aliphatic heterocycles. The van der Waals surface area contributed by atoms with Crippen molar-refractivity contribution in [2.45, 2.75) is 33.1 Å². The summed E-state index contributed by atoms with van der Waals surface area (Å²) in [5, 5.41) is -0.506. The van der Waals surface area contributed by atoms with Gasteiger partial charge in [-0.25, -0.2) is 0 Å². The Labute approximate surface area is 132 Å². The number of rotatable bonds is 3. The van der Waals surface area contributed by atoms with Gasteiger partial charge in [0, 0.05) is 27.1 Å². The van der Waals surface area contributed by atoms with Gasteiger partial charge in [-0.1, -0.05) is 22.0 Å². The molecule has 0 saturated carbocycles. The highest BCUT2D eigenvalue weighted by atomic mass is 79.9. The minimum absolute atomic E-state index is 0.0304. The molecule has 2 nitrogen and oxygen atoms in total. The van der Waals surface area contributed by atoms with Crippen molar-refractivity contribution < 1.29 is 4.79 Å². The van der Waals surface area contributed by atoms with Crippen LogP contribution in [-0.2, 0) is 0 Å². The van der Waals surface area contributed by atoms with Gasteiger partial charge in [0.25, 0.3) is 0 Å². The fourth-order valence-electron chi connectivity index (χ4n) is 2.34. The summed E-state index contributed by atoms with van der Waals surface area (Å²) in [5.41, 5.74) is 4.87. The van der Waals surface area contributed by atoms with E-state index in [2.05, 4.69) is 38.7 Å². The van der Waals surface area contributed by atoms with Gasteiger partial charge < -0.3 is 4.57 Å². The number of hydrogen-bond donors (Lipinski definition) is 0. The van der Waals surface area contributed by atoms with E-state index in [0.29, 0.717) is 5.56 Å². The monoisotopic (exact) mass is 353 g/mol. The molecule has 2 rings (SSSR count). The summed E-state index contributed by atoms with van der Waals surface area (Å²) < 4.78 is 3.14. The van der Waals surface area contributed by atoms with E-state index in [4.69, 9.17) is 11.6 Å². The largest absolute Gasteiger partial charge is 0.318 e. The Hall–Kier alpha value is -1.06. The second-order valence-electron chi connectivity index (χ2n) is 5.03. The number of halogens is 2. The summed E-state index contributed by atoms with van der Waals surface area (Å²) in [7, 11) is 0. The number of aryl methyl sites for hydroxylation is 2. The highest BCUT2D eigenvalue weighted by Gasteiger charge is 2.20. The van der Waals surface area contributed by atoms with Crippen LogP contribution in [0.15, 0.2) is 28.7 Å². The van der Waals surface area contributed by atoms with Crippen LogP contribution in [0.2, 0.25) is 0 Å². The maximum Gasteiger partial charge on any atom is 0.182 e. The molecule has 0 amide bonds. The average molecular weight is 355 g/mol. The Balaban J connectivity index is 2.58. The van der Waals surface area contributed by atoms with E-state index in [-0.39, 0.29) is 5.78 Å². The van der Waals surface area contributed by atoms with Crippen LogP contribution >= 0.6 is 27.5 Å². The molecule has 0 N–H and O–H groups in total. The number of alkyl halides is 1. The van der Waals surface area contributed by atoms with Crippen LogP contribution < -0.4 is 0 Å². The first-order valence-corrected chi connectivity index (χ1v) is 7.69. The molecule has 1 atom stereocenters. The van der Waals surface area contributed by atoms with Crippen LogP contribution in [0.3, 0.4) is 0 Å². The Kier molecular flexibility index (Phi) is 4.40. The van der Waals surface area contributed by atoms with Gasteiger partial charge in [0.1, 0.15) is 0 Å². The van der Waals surface area contributed by atoms with Gasteiger partial charge >= 0.3 is 0 Å². The van der Waals surface area contributed by atoms with E-state index in [0.717, 1.165) is 21.5 Å². The molecule has 0 spiro atoms. The number of carbonyl (C=O) groups excluding carboxylic acids is 1. The first-order chi connectivity index (χ1) is 9.32. The summed E-state index contributed by atoms with van der Waals surface area (Å²) in [6.45, 7) is 7.70. The standard InChI is InChI=1S/C16H17BrClNO/c1-9-5-6-13(8-15(9)17)19-10(2)7-14(12(19)4)16(20)11(3)18/h5-8,11H,1-4H3. The minimum Gasteiger partial charge on any atom is -0.318 e. The van der Waals surface area contributed by atoms with Crippen molar-refractivity contribution in [3.63, 3.8) is 0 Å². The molecule has 1 aromatic carbocycles. The van der Waals surface area contributed by atoms with Gasteiger partial charge in [0.05, 0.1) is 5.38 Å². The van der Waals surface area contributed by atoms with Crippen molar-refractivity contribution in [1.82, 2.24) is 4.57 Å². The smallest absolute Gasteiger partial charge is 0.182 e. The quantitative estimate of drug-likeness (QED) is 0.563. The molecule has 1 heterocycles. The second-order valence-corrected chi connectivity index (χ2v) is 6.54.